The molecule has 0 aliphatic carbocycles. The van der Waals surface area contributed by atoms with Gasteiger partial charge in [0.2, 0.25) is 0 Å². The van der Waals surface area contributed by atoms with Crippen molar-refractivity contribution in [1.29, 1.82) is 0 Å². The number of hydrogen-bond acceptors (Lipinski definition) is 5. The number of aryl methyl sites for hydroxylation is 2. The van der Waals surface area contributed by atoms with Crippen molar-refractivity contribution < 1.29 is 4.74 Å². The molecule has 4 nitrogen and oxygen atoms in total. The summed E-state index contributed by atoms with van der Waals surface area (Å²) in [7, 11) is 0. The zero-order valence-corrected chi connectivity index (χ0v) is 13.3. The molecule has 0 aliphatic heterocycles. The summed E-state index contributed by atoms with van der Waals surface area (Å²) in [6.45, 7) is 9.63. The summed E-state index contributed by atoms with van der Waals surface area (Å²) in [5.74, 6) is 0.781. The molecule has 108 valence electrons. The molecule has 2 heterocycles. The maximum Gasteiger partial charge on any atom is 0.140 e. The highest BCUT2D eigenvalue weighted by molar-refractivity contribution is 7.11. The van der Waals surface area contributed by atoms with Crippen LogP contribution in [0.3, 0.4) is 0 Å². The molecule has 5 heteroatoms. The fourth-order valence-electron chi connectivity index (χ4n) is 1.66. The second kappa shape index (κ2) is 6.81. The Morgan fingerprint density at radius 2 is 2.10 bits per heavy atom. The molecule has 0 saturated heterocycles. The number of aromatic nitrogens is 2. The van der Waals surface area contributed by atoms with Crippen molar-refractivity contribution >= 4 is 11.3 Å². The van der Waals surface area contributed by atoms with Gasteiger partial charge in [-0.3, -0.25) is 4.98 Å². The number of hydrogen-bond donors (Lipinski definition) is 1. The molecule has 2 aromatic heterocycles. The molecule has 0 spiro atoms. The van der Waals surface area contributed by atoms with Crippen LogP contribution in [-0.4, -0.2) is 16.0 Å². The third-order valence-corrected chi connectivity index (χ3v) is 3.97. The van der Waals surface area contributed by atoms with Crippen LogP contribution < -0.4 is 10.1 Å². The SMILES string of the molecule is Cc1nc(COc2ccc(CNC(C)C)nc2)sc1C. The van der Waals surface area contributed by atoms with Crippen LogP contribution in [0.25, 0.3) is 0 Å². The number of nitrogens with one attached hydrogen (secondary N) is 1. The fourth-order valence-corrected chi connectivity index (χ4v) is 2.50. The summed E-state index contributed by atoms with van der Waals surface area (Å²) in [5.41, 5.74) is 2.11. The number of rotatable bonds is 6. The first-order valence-electron chi connectivity index (χ1n) is 6.78. The van der Waals surface area contributed by atoms with Crippen molar-refractivity contribution in [2.24, 2.45) is 0 Å². The number of pyridine rings is 1. The van der Waals surface area contributed by atoms with Crippen LogP contribution in [0.4, 0.5) is 0 Å². The lowest BCUT2D eigenvalue weighted by Crippen LogP contribution is -2.22. The van der Waals surface area contributed by atoms with Crippen LogP contribution in [0.5, 0.6) is 5.75 Å². The Balaban J connectivity index is 1.87. The molecular weight excluding hydrogens is 270 g/mol. The Hall–Kier alpha value is -1.46. The summed E-state index contributed by atoms with van der Waals surface area (Å²) in [5, 5.41) is 4.34. The second-order valence-corrected chi connectivity index (χ2v) is 6.35. The van der Waals surface area contributed by atoms with Gasteiger partial charge in [-0.05, 0) is 26.0 Å². The predicted octanol–water partition coefficient (Wildman–Crippen LogP) is 3.23. The molecule has 20 heavy (non-hydrogen) atoms. The Morgan fingerprint density at radius 1 is 1.30 bits per heavy atom. The third-order valence-electron chi connectivity index (χ3n) is 2.92. The van der Waals surface area contributed by atoms with Crippen molar-refractivity contribution in [3.05, 3.63) is 39.6 Å². The minimum absolute atomic E-state index is 0.462. The average Bonchev–Trinajstić information content (AvgIpc) is 2.74. The first kappa shape index (κ1) is 14.9. The van der Waals surface area contributed by atoms with Gasteiger partial charge in [-0.15, -0.1) is 11.3 Å². The van der Waals surface area contributed by atoms with E-state index >= 15 is 0 Å². The van der Waals surface area contributed by atoms with Gasteiger partial charge in [-0.1, -0.05) is 13.8 Å². The minimum atomic E-state index is 0.462. The van der Waals surface area contributed by atoms with E-state index in [1.165, 1.54) is 4.88 Å². The van der Waals surface area contributed by atoms with Gasteiger partial charge in [-0.2, -0.15) is 0 Å². The smallest absolute Gasteiger partial charge is 0.140 e. The Bertz CT molecular complexity index is 529. The zero-order chi connectivity index (χ0) is 14.5. The van der Waals surface area contributed by atoms with Gasteiger partial charge in [0.1, 0.15) is 17.4 Å². The van der Waals surface area contributed by atoms with Gasteiger partial charge in [0.15, 0.2) is 0 Å². The van der Waals surface area contributed by atoms with Crippen molar-refractivity contribution in [1.82, 2.24) is 15.3 Å². The maximum atomic E-state index is 5.71. The van der Waals surface area contributed by atoms with Crippen molar-refractivity contribution in [2.75, 3.05) is 0 Å². The van der Waals surface area contributed by atoms with Crippen LogP contribution >= 0.6 is 11.3 Å². The second-order valence-electron chi connectivity index (χ2n) is 5.06. The summed E-state index contributed by atoms with van der Waals surface area (Å²) >= 11 is 1.68. The summed E-state index contributed by atoms with van der Waals surface area (Å²) < 4.78 is 5.71. The van der Waals surface area contributed by atoms with Crippen molar-refractivity contribution in [3.8, 4) is 5.75 Å². The molecular formula is C15H21N3OS. The van der Waals surface area contributed by atoms with E-state index in [9.17, 15) is 0 Å². The van der Waals surface area contributed by atoms with Crippen LogP contribution in [0.2, 0.25) is 0 Å². The lowest BCUT2D eigenvalue weighted by molar-refractivity contribution is 0.304. The molecule has 2 aromatic rings. The van der Waals surface area contributed by atoms with Crippen molar-refractivity contribution in [3.63, 3.8) is 0 Å². The Labute approximate surface area is 124 Å². The Morgan fingerprint density at radius 3 is 2.65 bits per heavy atom. The zero-order valence-electron chi connectivity index (χ0n) is 12.4. The predicted molar refractivity (Wildman–Crippen MR) is 82.1 cm³/mol. The molecule has 0 saturated carbocycles. The van der Waals surface area contributed by atoms with E-state index in [0.717, 1.165) is 28.7 Å². The molecule has 0 radical (unpaired) electrons. The highest BCUT2D eigenvalue weighted by atomic mass is 32.1. The van der Waals surface area contributed by atoms with Gasteiger partial charge in [0.25, 0.3) is 0 Å². The van der Waals surface area contributed by atoms with E-state index in [-0.39, 0.29) is 0 Å². The van der Waals surface area contributed by atoms with E-state index in [1.54, 1.807) is 17.5 Å². The first-order chi connectivity index (χ1) is 9.54. The standard InChI is InChI=1S/C15H21N3OS/c1-10(2)16-7-13-5-6-14(8-17-13)19-9-15-18-11(3)12(4)20-15/h5-6,8,10,16H,7,9H2,1-4H3. The largest absolute Gasteiger partial charge is 0.485 e. The normalized spacial score (nSPS) is 11.1. The highest BCUT2D eigenvalue weighted by Crippen LogP contribution is 2.18. The first-order valence-corrected chi connectivity index (χ1v) is 7.60. The summed E-state index contributed by atoms with van der Waals surface area (Å²) in [6, 6.07) is 4.41. The van der Waals surface area contributed by atoms with E-state index in [1.807, 2.05) is 19.1 Å². The molecule has 2 rings (SSSR count). The molecule has 0 amide bonds. The molecule has 0 bridgehead atoms. The lowest BCUT2D eigenvalue weighted by atomic mass is 10.3. The number of ether oxygens (including phenoxy) is 1. The molecule has 0 fully saturated rings. The fraction of sp³-hybridized carbons (Fsp3) is 0.467. The minimum Gasteiger partial charge on any atom is -0.485 e. The van der Waals surface area contributed by atoms with Crippen LogP contribution in [0.15, 0.2) is 18.3 Å². The van der Waals surface area contributed by atoms with E-state index in [2.05, 4.69) is 36.1 Å². The van der Waals surface area contributed by atoms with E-state index in [0.29, 0.717) is 12.6 Å². The molecule has 0 atom stereocenters. The monoisotopic (exact) mass is 291 g/mol. The maximum absolute atomic E-state index is 5.71. The van der Waals surface area contributed by atoms with Gasteiger partial charge >= 0.3 is 0 Å². The van der Waals surface area contributed by atoms with Gasteiger partial charge in [0.05, 0.1) is 17.6 Å². The van der Waals surface area contributed by atoms with E-state index < -0.39 is 0 Å². The van der Waals surface area contributed by atoms with Gasteiger partial charge in [-0.25, -0.2) is 4.98 Å². The van der Waals surface area contributed by atoms with Crippen LogP contribution in [0.1, 0.15) is 35.1 Å². The molecule has 0 aliphatic rings. The number of thiazole rings is 1. The van der Waals surface area contributed by atoms with Crippen LogP contribution in [0, 0.1) is 13.8 Å². The quantitative estimate of drug-likeness (QED) is 0.887. The third kappa shape index (κ3) is 4.28. The topological polar surface area (TPSA) is 47.0 Å². The summed E-state index contributed by atoms with van der Waals surface area (Å²) in [6.07, 6.45) is 1.77. The Kier molecular flexibility index (Phi) is 5.09. The molecule has 0 unspecified atom stereocenters. The van der Waals surface area contributed by atoms with Gasteiger partial charge < -0.3 is 10.1 Å². The number of nitrogens with zero attached hydrogens (tertiary/aromatic N) is 2. The highest BCUT2D eigenvalue weighted by Gasteiger charge is 2.05. The summed E-state index contributed by atoms with van der Waals surface area (Å²) in [4.78, 5) is 10.1. The van der Waals surface area contributed by atoms with Crippen molar-refractivity contribution in [2.45, 2.75) is 46.9 Å². The van der Waals surface area contributed by atoms with Crippen LogP contribution in [-0.2, 0) is 13.2 Å². The molecule has 1 N–H and O–H groups in total. The average molecular weight is 291 g/mol. The van der Waals surface area contributed by atoms with E-state index in [4.69, 9.17) is 4.74 Å². The lowest BCUT2D eigenvalue weighted by Gasteiger charge is -2.08. The van der Waals surface area contributed by atoms with Gasteiger partial charge in [0, 0.05) is 17.5 Å². The molecule has 0 aromatic carbocycles.